The van der Waals surface area contributed by atoms with Gasteiger partial charge < -0.3 is 4.98 Å². The topological polar surface area (TPSA) is 46.5 Å². The van der Waals surface area contributed by atoms with Crippen molar-refractivity contribution in [2.45, 2.75) is 0 Å². The van der Waals surface area contributed by atoms with E-state index in [1.807, 2.05) is 12.3 Å². The fourth-order valence-corrected chi connectivity index (χ4v) is 7.43. The monoisotopic (exact) mass is 638 g/mol. The second-order valence-corrected chi connectivity index (χ2v) is 12.7. The van der Waals surface area contributed by atoms with E-state index in [2.05, 4.69) is 173 Å². The molecule has 4 nitrogen and oxygen atoms in total. The molecule has 10 aromatic rings. The SMILES string of the molecule is c1ccc(-c2cccc(-c3ccc(-c4ccnc(-n5c6ccccc6c6cc(-c7cccc8c7[nH]c7ccccc78)ccc65)n4)cc3)c2)cc1. The maximum Gasteiger partial charge on any atom is 0.235 e. The van der Waals surface area contributed by atoms with Crippen molar-refractivity contribution in [1.29, 1.82) is 0 Å². The van der Waals surface area contributed by atoms with Crippen LogP contribution in [0.4, 0.5) is 0 Å². The summed E-state index contributed by atoms with van der Waals surface area (Å²) < 4.78 is 2.19. The van der Waals surface area contributed by atoms with E-state index in [-0.39, 0.29) is 0 Å². The Balaban J connectivity index is 1.04. The van der Waals surface area contributed by atoms with E-state index < -0.39 is 0 Å². The van der Waals surface area contributed by atoms with Gasteiger partial charge in [0, 0.05) is 44.4 Å². The largest absolute Gasteiger partial charge is 0.354 e. The van der Waals surface area contributed by atoms with Gasteiger partial charge in [-0.1, -0.05) is 133 Å². The molecule has 4 heteroatoms. The molecule has 0 saturated heterocycles. The Bertz CT molecular complexity index is 2860. The van der Waals surface area contributed by atoms with Crippen LogP contribution in [0.2, 0.25) is 0 Å². The van der Waals surface area contributed by atoms with Crippen LogP contribution in [0, 0.1) is 0 Å². The summed E-state index contributed by atoms with van der Waals surface area (Å²) in [4.78, 5) is 13.6. The van der Waals surface area contributed by atoms with Crippen LogP contribution in [0.1, 0.15) is 0 Å². The van der Waals surface area contributed by atoms with Crippen LogP contribution in [0.5, 0.6) is 0 Å². The molecule has 3 aromatic heterocycles. The van der Waals surface area contributed by atoms with Crippen LogP contribution in [0.3, 0.4) is 0 Å². The lowest BCUT2D eigenvalue weighted by Crippen LogP contribution is -2.01. The van der Waals surface area contributed by atoms with Crippen molar-refractivity contribution in [3.05, 3.63) is 176 Å². The summed E-state index contributed by atoms with van der Waals surface area (Å²) in [5, 5.41) is 4.82. The molecular formula is C46H30N4. The molecular weight excluding hydrogens is 609 g/mol. The third-order valence-corrected chi connectivity index (χ3v) is 9.85. The van der Waals surface area contributed by atoms with E-state index >= 15 is 0 Å². The normalized spacial score (nSPS) is 11.6. The molecule has 0 amide bonds. The van der Waals surface area contributed by atoms with Gasteiger partial charge in [0.25, 0.3) is 0 Å². The Labute approximate surface area is 289 Å². The highest BCUT2D eigenvalue weighted by Gasteiger charge is 2.17. The predicted octanol–water partition coefficient (Wildman–Crippen LogP) is 11.9. The lowest BCUT2D eigenvalue weighted by molar-refractivity contribution is 0.992. The van der Waals surface area contributed by atoms with Gasteiger partial charge in [-0.25, -0.2) is 9.97 Å². The summed E-state index contributed by atoms with van der Waals surface area (Å²) in [7, 11) is 0. The standard InChI is InChI=1S/C46H30N4/c1-2-10-30(11-3-1)33-12-8-13-34(28-33)31-20-22-32(23-21-31)41-26-27-47-46(49-41)50-43-19-7-5-15-38(43)40-29-35(24-25-44(40)50)36-16-9-17-39-37-14-4-6-18-42(37)48-45(36)39/h1-29,48H. The Morgan fingerprint density at radius 2 is 1.06 bits per heavy atom. The zero-order valence-corrected chi connectivity index (χ0v) is 27.1. The number of H-pyrrole nitrogens is 1. The van der Waals surface area contributed by atoms with E-state index in [1.165, 1.54) is 54.9 Å². The molecule has 0 saturated carbocycles. The molecule has 10 rings (SSSR count). The van der Waals surface area contributed by atoms with Gasteiger partial charge in [0.15, 0.2) is 0 Å². The minimum atomic E-state index is 0.652. The van der Waals surface area contributed by atoms with Crippen molar-refractivity contribution in [3.8, 4) is 50.6 Å². The Morgan fingerprint density at radius 1 is 0.420 bits per heavy atom. The lowest BCUT2D eigenvalue weighted by Gasteiger charge is -2.10. The van der Waals surface area contributed by atoms with E-state index in [0.29, 0.717) is 5.95 Å². The average molecular weight is 639 g/mol. The fourth-order valence-electron chi connectivity index (χ4n) is 7.43. The summed E-state index contributed by atoms with van der Waals surface area (Å²) >= 11 is 0. The van der Waals surface area contributed by atoms with Crippen LogP contribution in [0.15, 0.2) is 176 Å². The van der Waals surface area contributed by atoms with Gasteiger partial charge in [-0.2, -0.15) is 0 Å². The van der Waals surface area contributed by atoms with E-state index in [0.717, 1.165) is 33.3 Å². The zero-order chi connectivity index (χ0) is 33.0. The van der Waals surface area contributed by atoms with Gasteiger partial charge in [-0.3, -0.25) is 4.57 Å². The molecule has 0 bridgehead atoms. The molecule has 0 aliphatic heterocycles. The summed E-state index contributed by atoms with van der Waals surface area (Å²) in [6, 6.07) is 60.2. The fraction of sp³-hybridized carbons (Fsp3) is 0. The lowest BCUT2D eigenvalue weighted by atomic mass is 9.98. The second-order valence-electron chi connectivity index (χ2n) is 12.7. The van der Waals surface area contributed by atoms with Crippen molar-refractivity contribution in [3.63, 3.8) is 0 Å². The Hall–Kier alpha value is -6.78. The number of fused-ring (bicyclic) bond motifs is 6. The number of para-hydroxylation sites is 3. The molecule has 0 aliphatic carbocycles. The van der Waals surface area contributed by atoms with Gasteiger partial charge in [0.2, 0.25) is 5.95 Å². The second kappa shape index (κ2) is 11.4. The van der Waals surface area contributed by atoms with Crippen molar-refractivity contribution in [2.24, 2.45) is 0 Å². The molecule has 0 spiro atoms. The highest BCUT2D eigenvalue weighted by molar-refractivity contribution is 6.14. The summed E-state index contributed by atoms with van der Waals surface area (Å²) in [5.74, 6) is 0.652. The first kappa shape index (κ1) is 28.3. The number of aromatic nitrogens is 4. The summed E-state index contributed by atoms with van der Waals surface area (Å²) in [6.45, 7) is 0. The number of nitrogens with one attached hydrogen (secondary N) is 1. The maximum atomic E-state index is 5.13. The van der Waals surface area contributed by atoms with Crippen LogP contribution in [-0.2, 0) is 0 Å². The first-order valence-corrected chi connectivity index (χ1v) is 16.9. The smallest absolute Gasteiger partial charge is 0.235 e. The summed E-state index contributed by atoms with van der Waals surface area (Å²) in [6.07, 6.45) is 1.86. The molecule has 1 N–H and O–H groups in total. The van der Waals surface area contributed by atoms with Gasteiger partial charge in [0.05, 0.1) is 22.2 Å². The molecule has 0 fully saturated rings. The van der Waals surface area contributed by atoms with Crippen molar-refractivity contribution < 1.29 is 0 Å². The van der Waals surface area contributed by atoms with Gasteiger partial charge in [0.1, 0.15) is 0 Å². The average Bonchev–Trinajstić information content (AvgIpc) is 3.74. The minimum absolute atomic E-state index is 0.652. The first-order chi connectivity index (χ1) is 24.8. The zero-order valence-electron chi connectivity index (χ0n) is 27.1. The number of hydrogen-bond donors (Lipinski definition) is 1. The molecule has 234 valence electrons. The number of aromatic amines is 1. The molecule has 0 atom stereocenters. The van der Waals surface area contributed by atoms with Gasteiger partial charge in [-0.15, -0.1) is 0 Å². The van der Waals surface area contributed by atoms with E-state index in [1.54, 1.807) is 0 Å². The van der Waals surface area contributed by atoms with Gasteiger partial charge >= 0.3 is 0 Å². The Kier molecular flexibility index (Phi) is 6.46. The highest BCUT2D eigenvalue weighted by Crippen LogP contribution is 2.38. The van der Waals surface area contributed by atoms with Crippen LogP contribution in [0.25, 0.3) is 94.2 Å². The van der Waals surface area contributed by atoms with Crippen molar-refractivity contribution >= 4 is 43.6 Å². The van der Waals surface area contributed by atoms with Crippen molar-refractivity contribution in [2.75, 3.05) is 0 Å². The molecule has 0 radical (unpaired) electrons. The third-order valence-electron chi connectivity index (χ3n) is 9.85. The molecule has 7 aromatic carbocycles. The molecule has 0 unspecified atom stereocenters. The Morgan fingerprint density at radius 3 is 1.92 bits per heavy atom. The number of nitrogens with zero attached hydrogens (tertiary/aromatic N) is 3. The number of benzene rings is 7. The van der Waals surface area contributed by atoms with Crippen LogP contribution >= 0.6 is 0 Å². The summed E-state index contributed by atoms with van der Waals surface area (Å²) in [5.41, 5.74) is 13.5. The van der Waals surface area contributed by atoms with Crippen LogP contribution < -0.4 is 0 Å². The molecule has 0 aliphatic rings. The van der Waals surface area contributed by atoms with Gasteiger partial charge in [-0.05, 0) is 64.2 Å². The first-order valence-electron chi connectivity index (χ1n) is 16.9. The van der Waals surface area contributed by atoms with Crippen molar-refractivity contribution in [1.82, 2.24) is 19.5 Å². The minimum Gasteiger partial charge on any atom is -0.354 e. The maximum absolute atomic E-state index is 5.13. The predicted molar refractivity (Wildman–Crippen MR) is 207 cm³/mol. The number of hydrogen-bond acceptors (Lipinski definition) is 2. The van der Waals surface area contributed by atoms with E-state index in [9.17, 15) is 0 Å². The quantitative estimate of drug-likeness (QED) is 0.204. The highest BCUT2D eigenvalue weighted by atomic mass is 15.2. The van der Waals surface area contributed by atoms with E-state index in [4.69, 9.17) is 9.97 Å². The van der Waals surface area contributed by atoms with Crippen LogP contribution in [-0.4, -0.2) is 19.5 Å². The number of rotatable bonds is 5. The third kappa shape index (κ3) is 4.61. The molecule has 50 heavy (non-hydrogen) atoms. The molecule has 3 heterocycles.